The molecule has 0 unspecified atom stereocenters. The first-order valence-electron chi connectivity index (χ1n) is 5.42. The van der Waals surface area contributed by atoms with Crippen LogP contribution in [-0.2, 0) is 0 Å². The van der Waals surface area contributed by atoms with E-state index in [1.165, 1.54) is 0 Å². The van der Waals surface area contributed by atoms with Crippen LogP contribution in [0.3, 0.4) is 0 Å². The molecule has 3 aromatic rings. The minimum atomic E-state index is 0.262. The predicted octanol–water partition coefficient (Wildman–Crippen LogP) is 3.81. The zero-order chi connectivity index (χ0) is 12.1. The van der Waals surface area contributed by atoms with Crippen molar-refractivity contribution in [3.05, 3.63) is 41.8 Å². The second-order valence-electron chi connectivity index (χ2n) is 3.94. The first-order chi connectivity index (χ1) is 8.83. The molecule has 0 radical (unpaired) electrons. The van der Waals surface area contributed by atoms with E-state index in [1.54, 1.807) is 18.0 Å². The minimum absolute atomic E-state index is 0.262. The Labute approximate surface area is 112 Å². The molecule has 1 aliphatic heterocycles. The third kappa shape index (κ3) is 1.36. The number of pyridine rings is 1. The van der Waals surface area contributed by atoms with Gasteiger partial charge in [0.05, 0.1) is 5.52 Å². The summed E-state index contributed by atoms with van der Waals surface area (Å²) in [6.07, 6.45) is 1.77. The van der Waals surface area contributed by atoms with Crippen molar-refractivity contribution in [2.45, 2.75) is 9.79 Å². The number of nitrogens with zero attached hydrogens (tertiary/aromatic N) is 3. The quantitative estimate of drug-likeness (QED) is 0.456. The molecule has 86 valence electrons. The van der Waals surface area contributed by atoms with E-state index in [4.69, 9.17) is 11.6 Å². The Balaban J connectivity index is 2.22. The van der Waals surface area contributed by atoms with Crippen LogP contribution in [0.15, 0.2) is 46.3 Å². The van der Waals surface area contributed by atoms with E-state index >= 15 is 0 Å². The summed E-state index contributed by atoms with van der Waals surface area (Å²) in [6, 6.07) is 9.98. The topological polar surface area (TPSA) is 38.7 Å². The second kappa shape index (κ2) is 3.67. The summed E-state index contributed by atoms with van der Waals surface area (Å²) < 4.78 is 0. The Kier molecular flexibility index (Phi) is 2.10. The lowest BCUT2D eigenvalue weighted by atomic mass is 10.1. The van der Waals surface area contributed by atoms with Crippen LogP contribution in [0.4, 0.5) is 0 Å². The number of benzene rings is 1. The van der Waals surface area contributed by atoms with Gasteiger partial charge in [-0.3, -0.25) is 4.98 Å². The fourth-order valence-corrected chi connectivity index (χ4v) is 3.40. The highest BCUT2D eigenvalue weighted by atomic mass is 35.5. The molecule has 1 aliphatic rings. The van der Waals surface area contributed by atoms with E-state index in [9.17, 15) is 0 Å². The SMILES string of the molecule is Clc1nc2c3c(cccc3n1)Sc1cccnc1-2. The Morgan fingerprint density at radius 1 is 0.944 bits per heavy atom. The van der Waals surface area contributed by atoms with E-state index < -0.39 is 0 Å². The zero-order valence-electron chi connectivity index (χ0n) is 9.09. The van der Waals surface area contributed by atoms with Gasteiger partial charge >= 0.3 is 0 Å². The lowest BCUT2D eigenvalue weighted by Crippen LogP contribution is -1.99. The van der Waals surface area contributed by atoms with Gasteiger partial charge in [-0.1, -0.05) is 17.8 Å². The lowest BCUT2D eigenvalue weighted by molar-refractivity contribution is 1.15. The Morgan fingerprint density at radius 3 is 2.78 bits per heavy atom. The largest absolute Gasteiger partial charge is 0.253 e. The molecule has 0 bridgehead atoms. The fraction of sp³-hybridized carbons (Fsp3) is 0. The van der Waals surface area contributed by atoms with Gasteiger partial charge in [0, 0.05) is 21.4 Å². The fourth-order valence-electron chi connectivity index (χ4n) is 2.15. The molecule has 0 aliphatic carbocycles. The summed E-state index contributed by atoms with van der Waals surface area (Å²) in [7, 11) is 0. The van der Waals surface area contributed by atoms with Gasteiger partial charge in [-0.2, -0.15) is 0 Å². The highest BCUT2D eigenvalue weighted by molar-refractivity contribution is 7.99. The van der Waals surface area contributed by atoms with E-state index in [-0.39, 0.29) is 5.28 Å². The molecule has 0 saturated heterocycles. The molecule has 4 rings (SSSR count). The number of fused-ring (bicyclic) bond motifs is 2. The number of aromatic nitrogens is 3. The highest BCUT2D eigenvalue weighted by Gasteiger charge is 2.22. The van der Waals surface area contributed by atoms with Gasteiger partial charge in [-0.15, -0.1) is 0 Å². The first-order valence-corrected chi connectivity index (χ1v) is 6.62. The maximum Gasteiger partial charge on any atom is 0.223 e. The van der Waals surface area contributed by atoms with Crippen LogP contribution >= 0.6 is 23.4 Å². The van der Waals surface area contributed by atoms with Crippen molar-refractivity contribution in [3.63, 3.8) is 0 Å². The van der Waals surface area contributed by atoms with Crippen LogP contribution in [0.25, 0.3) is 22.3 Å². The van der Waals surface area contributed by atoms with E-state index in [1.807, 2.05) is 24.3 Å². The predicted molar refractivity (Wildman–Crippen MR) is 71.9 cm³/mol. The third-order valence-corrected chi connectivity index (χ3v) is 4.15. The Bertz CT molecular complexity index is 788. The highest BCUT2D eigenvalue weighted by Crippen LogP contribution is 2.45. The van der Waals surface area contributed by atoms with Crippen LogP contribution in [0.2, 0.25) is 5.28 Å². The van der Waals surface area contributed by atoms with Gasteiger partial charge in [0.15, 0.2) is 0 Å². The monoisotopic (exact) mass is 271 g/mol. The van der Waals surface area contributed by atoms with Crippen LogP contribution in [-0.4, -0.2) is 15.0 Å². The summed E-state index contributed by atoms with van der Waals surface area (Å²) in [4.78, 5) is 15.3. The molecular formula is C13H6ClN3S. The molecule has 2 aromatic heterocycles. The van der Waals surface area contributed by atoms with Crippen molar-refractivity contribution in [3.8, 4) is 11.4 Å². The summed E-state index contributed by atoms with van der Waals surface area (Å²) in [6.45, 7) is 0. The van der Waals surface area contributed by atoms with Gasteiger partial charge in [-0.25, -0.2) is 9.97 Å². The molecule has 0 saturated carbocycles. The normalized spacial score (nSPS) is 12.5. The zero-order valence-corrected chi connectivity index (χ0v) is 10.7. The van der Waals surface area contributed by atoms with Crippen LogP contribution in [0.1, 0.15) is 0 Å². The molecule has 0 atom stereocenters. The molecule has 3 heterocycles. The van der Waals surface area contributed by atoms with Gasteiger partial charge in [-0.05, 0) is 35.9 Å². The van der Waals surface area contributed by atoms with Crippen molar-refractivity contribution in [2.75, 3.05) is 0 Å². The first kappa shape index (κ1) is 10.3. The molecule has 0 N–H and O–H groups in total. The van der Waals surface area contributed by atoms with E-state index in [0.29, 0.717) is 0 Å². The van der Waals surface area contributed by atoms with Gasteiger partial charge in [0.25, 0.3) is 0 Å². The Hall–Kier alpha value is -1.65. The molecular weight excluding hydrogens is 266 g/mol. The van der Waals surface area contributed by atoms with Crippen molar-refractivity contribution in [2.24, 2.45) is 0 Å². The van der Waals surface area contributed by atoms with Crippen molar-refractivity contribution in [1.82, 2.24) is 15.0 Å². The average molecular weight is 272 g/mol. The number of rotatable bonds is 0. The van der Waals surface area contributed by atoms with E-state index in [0.717, 1.165) is 32.1 Å². The molecule has 3 nitrogen and oxygen atoms in total. The lowest BCUT2D eigenvalue weighted by Gasteiger charge is -2.17. The van der Waals surface area contributed by atoms with Gasteiger partial charge in [0.2, 0.25) is 5.28 Å². The second-order valence-corrected chi connectivity index (χ2v) is 5.37. The summed E-state index contributed by atoms with van der Waals surface area (Å²) in [5, 5.41) is 1.30. The number of hydrogen-bond acceptors (Lipinski definition) is 4. The molecule has 0 fully saturated rings. The molecule has 1 aromatic carbocycles. The minimum Gasteiger partial charge on any atom is -0.253 e. The number of halogens is 1. The maximum absolute atomic E-state index is 5.99. The molecule has 18 heavy (non-hydrogen) atoms. The van der Waals surface area contributed by atoms with Gasteiger partial charge < -0.3 is 0 Å². The third-order valence-electron chi connectivity index (χ3n) is 2.87. The molecule has 0 spiro atoms. The van der Waals surface area contributed by atoms with Gasteiger partial charge in [0.1, 0.15) is 11.4 Å². The summed E-state index contributed by atoms with van der Waals surface area (Å²) in [5.41, 5.74) is 2.58. The van der Waals surface area contributed by atoms with Crippen molar-refractivity contribution in [1.29, 1.82) is 0 Å². The van der Waals surface area contributed by atoms with Crippen LogP contribution in [0, 0.1) is 0 Å². The summed E-state index contributed by atoms with van der Waals surface area (Å²) >= 11 is 7.68. The number of hydrogen-bond donors (Lipinski definition) is 0. The average Bonchev–Trinajstić information content (AvgIpc) is 2.38. The van der Waals surface area contributed by atoms with Crippen LogP contribution in [0.5, 0.6) is 0 Å². The smallest absolute Gasteiger partial charge is 0.223 e. The summed E-state index contributed by atoms with van der Waals surface area (Å²) in [5.74, 6) is 0. The van der Waals surface area contributed by atoms with Crippen molar-refractivity contribution < 1.29 is 0 Å². The maximum atomic E-state index is 5.99. The van der Waals surface area contributed by atoms with Crippen molar-refractivity contribution >= 4 is 34.3 Å². The molecule has 5 heteroatoms. The molecule has 0 amide bonds. The van der Waals surface area contributed by atoms with E-state index in [2.05, 4.69) is 21.0 Å². The van der Waals surface area contributed by atoms with Crippen LogP contribution < -0.4 is 0 Å². The Morgan fingerprint density at radius 2 is 1.83 bits per heavy atom. The standard InChI is InChI=1S/C13H6ClN3S/c14-13-16-7-3-1-4-8-10(7)12(17-13)11-9(18-8)5-2-6-15-11/h1-6H.